The molecule has 6 rings (SSSR count). The van der Waals surface area contributed by atoms with Crippen LogP contribution in [-0.2, 0) is 6.54 Å². The van der Waals surface area contributed by atoms with Crippen molar-refractivity contribution in [3.05, 3.63) is 5.82 Å². The lowest BCUT2D eigenvalue weighted by atomic mass is 9.44. The molecule has 5 saturated carbocycles. The third-order valence-electron chi connectivity index (χ3n) is 12.2. The molecule has 1 heterocycles. The Labute approximate surface area is 194 Å². The molecule has 1 N–H and O–H groups in total. The van der Waals surface area contributed by atoms with E-state index >= 15 is 0 Å². The summed E-state index contributed by atoms with van der Waals surface area (Å²) in [7, 11) is 0. The van der Waals surface area contributed by atoms with Gasteiger partial charge in [-0.25, -0.2) is 0 Å². The molecule has 178 valence electrons. The van der Waals surface area contributed by atoms with E-state index in [9.17, 15) is 5.11 Å². The molecule has 5 fully saturated rings. The lowest BCUT2D eigenvalue weighted by Gasteiger charge is -2.61. The molecule has 5 heteroatoms. The second-order valence-electron chi connectivity index (χ2n) is 13.2. The van der Waals surface area contributed by atoms with Gasteiger partial charge in [0.25, 0.3) is 0 Å². The Morgan fingerprint density at radius 1 is 1.00 bits per heavy atom. The van der Waals surface area contributed by atoms with E-state index in [4.69, 9.17) is 0 Å². The van der Waals surface area contributed by atoms with E-state index in [2.05, 4.69) is 43.1 Å². The zero-order valence-electron chi connectivity index (χ0n) is 20.9. The summed E-state index contributed by atoms with van der Waals surface area (Å²) in [6, 6.07) is 0. The Bertz CT molecular complexity index is 885. The monoisotopic (exact) mass is 440 g/mol. The van der Waals surface area contributed by atoms with Crippen LogP contribution in [0.1, 0.15) is 91.3 Å². The van der Waals surface area contributed by atoms with E-state index in [1.165, 1.54) is 51.4 Å². The van der Waals surface area contributed by atoms with E-state index < -0.39 is 0 Å². The molecule has 0 aliphatic heterocycles. The fourth-order valence-corrected chi connectivity index (χ4v) is 10.8. The average Bonchev–Trinajstić information content (AvgIpc) is 2.99. The molecule has 32 heavy (non-hydrogen) atoms. The summed E-state index contributed by atoms with van der Waals surface area (Å²) in [5, 5.41) is 24.1. The molecule has 5 nitrogen and oxygen atoms in total. The molecule has 11 atom stereocenters. The number of fused-ring (bicyclic) bond motifs is 7. The van der Waals surface area contributed by atoms with Crippen molar-refractivity contribution in [3.8, 4) is 0 Å². The summed E-state index contributed by atoms with van der Waals surface area (Å²) in [6.45, 7) is 12.9. The zero-order valence-corrected chi connectivity index (χ0v) is 20.9. The molecular formula is C27H44N4O. The van der Waals surface area contributed by atoms with Crippen LogP contribution in [0, 0.1) is 65.1 Å². The quantitative estimate of drug-likeness (QED) is 0.692. The second kappa shape index (κ2) is 7.02. The Balaban J connectivity index is 1.21. The van der Waals surface area contributed by atoms with Crippen LogP contribution in [0.25, 0.3) is 0 Å². The molecule has 5 aliphatic carbocycles. The van der Waals surface area contributed by atoms with Gasteiger partial charge in [-0.05, 0) is 122 Å². The van der Waals surface area contributed by atoms with Gasteiger partial charge in [0, 0.05) is 0 Å². The number of aryl methyl sites for hydroxylation is 1. The fraction of sp³-hybridized carbons (Fsp3) is 0.963. The third-order valence-corrected chi connectivity index (χ3v) is 12.2. The van der Waals surface area contributed by atoms with Gasteiger partial charge in [-0.1, -0.05) is 34.1 Å². The Morgan fingerprint density at radius 3 is 2.47 bits per heavy atom. The van der Waals surface area contributed by atoms with Crippen LogP contribution in [0.3, 0.4) is 0 Å². The van der Waals surface area contributed by atoms with Crippen LogP contribution in [-0.4, -0.2) is 30.9 Å². The molecule has 2 unspecified atom stereocenters. The van der Waals surface area contributed by atoms with E-state index in [0.717, 1.165) is 48.4 Å². The maximum atomic E-state index is 11.3. The van der Waals surface area contributed by atoms with Gasteiger partial charge in [0.2, 0.25) is 0 Å². The predicted octanol–water partition coefficient (Wildman–Crippen LogP) is 5.27. The minimum atomic E-state index is -0.295. The third kappa shape index (κ3) is 2.75. The molecule has 0 spiro atoms. The smallest absolute Gasteiger partial charge is 0.171 e. The Kier molecular flexibility index (Phi) is 4.73. The highest BCUT2D eigenvalue weighted by Crippen LogP contribution is 2.75. The summed E-state index contributed by atoms with van der Waals surface area (Å²) in [5.41, 5.74) is 0.647. The van der Waals surface area contributed by atoms with Gasteiger partial charge in [-0.3, -0.25) is 0 Å². The van der Waals surface area contributed by atoms with Gasteiger partial charge in [0.1, 0.15) is 0 Å². The maximum absolute atomic E-state index is 11.3. The number of hydrogen-bond acceptors (Lipinski definition) is 4. The van der Waals surface area contributed by atoms with Crippen LogP contribution in [0.4, 0.5) is 0 Å². The summed E-state index contributed by atoms with van der Waals surface area (Å²) < 4.78 is 0. The van der Waals surface area contributed by atoms with Crippen LogP contribution >= 0.6 is 0 Å². The Morgan fingerprint density at radius 2 is 1.75 bits per heavy atom. The van der Waals surface area contributed by atoms with E-state index in [0.29, 0.717) is 28.6 Å². The summed E-state index contributed by atoms with van der Waals surface area (Å²) in [5.74, 6) is 6.80. The first-order valence-electron chi connectivity index (χ1n) is 13.7. The maximum Gasteiger partial charge on any atom is 0.171 e. The van der Waals surface area contributed by atoms with Crippen LogP contribution in [0.5, 0.6) is 0 Å². The topological polar surface area (TPSA) is 63.8 Å². The molecule has 0 aromatic carbocycles. The zero-order chi connectivity index (χ0) is 22.5. The Hall–Kier alpha value is -0.970. The standard InChI is InChI=1S/C27H44N4O/c1-6-19-24-23-8-7-18-21-10-9-20(16(2)15-31-29-17(3)28-30-31)25(21,4)12-11-22(18)26(23,5)13-14-27(19,24)32/h16,18-24,32H,6-15H2,1-5H3/t16-,18+,19?,20-,21+,22+,23-,24?,25-,26-,27+/m1/s1. The SMILES string of the molecule is CCC1C2[C@H]3CC[C@@H]4[C@H](CC[C@]5(C)[C@@H]([C@H](C)Cn6nnc(C)n6)CC[C@@H]45)[C@@]3(C)CC[C@]12O. The highest BCUT2D eigenvalue weighted by atomic mass is 16.3. The molecular weight excluding hydrogens is 396 g/mol. The lowest BCUT2D eigenvalue weighted by molar-refractivity contribution is -0.131. The minimum absolute atomic E-state index is 0.295. The normalized spacial score (nSPS) is 52.5. The average molecular weight is 441 g/mol. The largest absolute Gasteiger partial charge is 0.389 e. The number of tetrazole rings is 1. The molecule has 0 bridgehead atoms. The van der Waals surface area contributed by atoms with Crippen LogP contribution < -0.4 is 0 Å². The highest BCUT2D eigenvalue weighted by Gasteiger charge is 2.73. The predicted molar refractivity (Wildman–Crippen MR) is 125 cm³/mol. The van der Waals surface area contributed by atoms with Crippen molar-refractivity contribution in [2.24, 2.45) is 58.2 Å². The van der Waals surface area contributed by atoms with Crippen LogP contribution in [0.2, 0.25) is 0 Å². The molecule has 1 aromatic rings. The molecule has 0 saturated heterocycles. The molecule has 1 aromatic heterocycles. The first-order valence-corrected chi connectivity index (χ1v) is 13.7. The fourth-order valence-electron chi connectivity index (χ4n) is 10.8. The molecule has 0 radical (unpaired) electrons. The van der Waals surface area contributed by atoms with E-state index in [1.54, 1.807) is 0 Å². The first kappa shape index (κ1) is 21.6. The van der Waals surface area contributed by atoms with Crippen molar-refractivity contribution in [1.82, 2.24) is 20.2 Å². The number of aromatic nitrogens is 4. The van der Waals surface area contributed by atoms with Gasteiger partial charge in [0.05, 0.1) is 12.1 Å². The van der Waals surface area contributed by atoms with Gasteiger partial charge in [-0.2, -0.15) is 4.80 Å². The first-order chi connectivity index (χ1) is 15.2. The van der Waals surface area contributed by atoms with Crippen LogP contribution in [0.15, 0.2) is 0 Å². The van der Waals surface area contributed by atoms with Crippen molar-refractivity contribution < 1.29 is 5.11 Å². The number of aliphatic hydroxyl groups is 1. The summed E-state index contributed by atoms with van der Waals surface area (Å²) in [6.07, 6.45) is 11.9. The lowest BCUT2D eigenvalue weighted by Crippen LogP contribution is -2.54. The molecule has 0 amide bonds. The highest BCUT2D eigenvalue weighted by molar-refractivity contribution is 5.22. The second-order valence-corrected chi connectivity index (χ2v) is 13.2. The van der Waals surface area contributed by atoms with Crippen molar-refractivity contribution in [1.29, 1.82) is 0 Å². The summed E-state index contributed by atoms with van der Waals surface area (Å²) in [4.78, 5) is 1.83. The van der Waals surface area contributed by atoms with Gasteiger partial charge >= 0.3 is 0 Å². The number of nitrogens with zero attached hydrogens (tertiary/aromatic N) is 4. The van der Waals surface area contributed by atoms with Crippen molar-refractivity contribution >= 4 is 0 Å². The number of rotatable bonds is 4. The molecule has 5 aliphatic rings. The minimum Gasteiger partial charge on any atom is -0.389 e. The summed E-state index contributed by atoms with van der Waals surface area (Å²) >= 11 is 0. The van der Waals surface area contributed by atoms with Crippen molar-refractivity contribution in [3.63, 3.8) is 0 Å². The van der Waals surface area contributed by atoms with Gasteiger partial charge < -0.3 is 5.11 Å². The van der Waals surface area contributed by atoms with Gasteiger partial charge in [0.15, 0.2) is 5.82 Å². The van der Waals surface area contributed by atoms with Crippen molar-refractivity contribution in [2.45, 2.75) is 105 Å². The van der Waals surface area contributed by atoms with Gasteiger partial charge in [-0.15, -0.1) is 10.2 Å². The van der Waals surface area contributed by atoms with E-state index in [1.807, 2.05) is 11.7 Å². The van der Waals surface area contributed by atoms with E-state index in [-0.39, 0.29) is 5.60 Å². The van der Waals surface area contributed by atoms with Crippen molar-refractivity contribution in [2.75, 3.05) is 0 Å². The number of hydrogen-bond donors (Lipinski definition) is 1.